The number of aromatic nitrogens is 3. The number of hydrogen-bond acceptors (Lipinski definition) is 7. The number of nitro groups is 1. The highest BCUT2D eigenvalue weighted by molar-refractivity contribution is 7.99. The maximum Gasteiger partial charge on any atom is 0.269 e. The molecule has 1 aliphatic carbocycles. The quantitative estimate of drug-likeness (QED) is 0.337. The molecule has 1 N–H and O–H groups in total. The third-order valence-corrected chi connectivity index (χ3v) is 5.90. The summed E-state index contributed by atoms with van der Waals surface area (Å²) in [5, 5.41) is 19.8. The van der Waals surface area contributed by atoms with Gasteiger partial charge in [-0.2, -0.15) is 4.98 Å². The van der Waals surface area contributed by atoms with E-state index in [9.17, 15) is 14.9 Å². The van der Waals surface area contributed by atoms with Gasteiger partial charge in [-0.3, -0.25) is 14.9 Å². The number of non-ortho nitro benzene ring substituents is 1. The van der Waals surface area contributed by atoms with Gasteiger partial charge in [0.15, 0.2) is 5.78 Å². The molecule has 1 aromatic carbocycles. The lowest BCUT2D eigenvalue weighted by atomic mass is 9.85. The SMILES string of the molecule is CCCCSc1nc2n(n1)[C@@H](c1cccc([N+](=O)[O-])c1)C1=C(CCCC1=O)N2. The van der Waals surface area contributed by atoms with Crippen LogP contribution in [0, 0.1) is 10.1 Å². The number of anilines is 1. The predicted octanol–water partition coefficient (Wildman–Crippen LogP) is 4.10. The molecule has 9 heteroatoms. The number of thioether (sulfide) groups is 1. The largest absolute Gasteiger partial charge is 0.328 e. The minimum Gasteiger partial charge on any atom is -0.328 e. The average molecular weight is 399 g/mol. The van der Waals surface area contributed by atoms with E-state index in [1.165, 1.54) is 12.1 Å². The van der Waals surface area contributed by atoms with Gasteiger partial charge in [-0.25, -0.2) is 4.68 Å². The molecular weight excluding hydrogens is 378 g/mol. The second kappa shape index (κ2) is 7.75. The van der Waals surface area contributed by atoms with Gasteiger partial charge in [0.1, 0.15) is 6.04 Å². The summed E-state index contributed by atoms with van der Waals surface area (Å²) in [6, 6.07) is 5.95. The number of Topliss-reactive ketones (excluding diaryl/α,β-unsaturated/α-hetero) is 1. The van der Waals surface area contributed by atoms with Crippen LogP contribution in [0.25, 0.3) is 0 Å². The number of nitrogens with one attached hydrogen (secondary N) is 1. The molecule has 0 bridgehead atoms. The molecule has 1 atom stereocenters. The molecule has 1 aromatic heterocycles. The highest BCUT2D eigenvalue weighted by atomic mass is 32.2. The van der Waals surface area contributed by atoms with Gasteiger partial charge in [0.25, 0.3) is 5.69 Å². The summed E-state index contributed by atoms with van der Waals surface area (Å²) in [5.41, 5.74) is 2.18. The molecule has 2 aliphatic rings. The average Bonchev–Trinajstić information content (AvgIpc) is 3.09. The summed E-state index contributed by atoms with van der Waals surface area (Å²) in [6.07, 6.45) is 4.20. The molecule has 2 heterocycles. The summed E-state index contributed by atoms with van der Waals surface area (Å²) < 4.78 is 1.70. The summed E-state index contributed by atoms with van der Waals surface area (Å²) in [7, 11) is 0. The zero-order valence-corrected chi connectivity index (χ0v) is 16.4. The van der Waals surface area contributed by atoms with E-state index in [1.54, 1.807) is 22.5 Å². The van der Waals surface area contributed by atoms with Crippen molar-refractivity contribution in [2.24, 2.45) is 0 Å². The Morgan fingerprint density at radius 2 is 2.25 bits per heavy atom. The first kappa shape index (κ1) is 18.7. The van der Waals surface area contributed by atoms with E-state index in [-0.39, 0.29) is 11.5 Å². The van der Waals surface area contributed by atoms with Crippen LogP contribution in [0.5, 0.6) is 0 Å². The fourth-order valence-electron chi connectivity index (χ4n) is 3.62. The molecule has 1 aliphatic heterocycles. The van der Waals surface area contributed by atoms with Crippen LogP contribution in [-0.4, -0.2) is 31.2 Å². The fourth-order valence-corrected chi connectivity index (χ4v) is 4.53. The lowest BCUT2D eigenvalue weighted by Crippen LogP contribution is -2.31. The first-order valence-electron chi connectivity index (χ1n) is 9.45. The number of allylic oxidation sites excluding steroid dienone is 2. The molecule has 0 spiro atoms. The maximum absolute atomic E-state index is 12.8. The molecule has 146 valence electrons. The van der Waals surface area contributed by atoms with E-state index in [0.29, 0.717) is 28.7 Å². The molecule has 28 heavy (non-hydrogen) atoms. The molecule has 8 nitrogen and oxygen atoms in total. The van der Waals surface area contributed by atoms with Crippen molar-refractivity contribution in [1.82, 2.24) is 14.8 Å². The molecule has 0 radical (unpaired) electrons. The fraction of sp³-hybridized carbons (Fsp3) is 0.421. The standard InChI is InChI=1S/C19H21N5O3S/c1-2-3-10-28-19-21-18-20-14-8-5-9-15(25)16(14)17(23(18)22-19)12-6-4-7-13(11-12)24(26)27/h4,6-7,11,17H,2-3,5,8-10H2,1H3,(H,20,21,22)/t17-/m0/s1. The smallest absolute Gasteiger partial charge is 0.269 e. The van der Waals surface area contributed by atoms with Crippen molar-refractivity contribution in [3.05, 3.63) is 51.2 Å². The van der Waals surface area contributed by atoms with Crippen LogP contribution in [0.15, 0.2) is 40.7 Å². The Labute approximate surface area is 166 Å². The topological polar surface area (TPSA) is 103 Å². The summed E-state index contributed by atoms with van der Waals surface area (Å²) in [5.74, 6) is 1.57. The number of carbonyl (C=O) groups is 1. The Balaban J connectivity index is 1.79. The number of ketones is 1. The predicted molar refractivity (Wildman–Crippen MR) is 106 cm³/mol. The third kappa shape index (κ3) is 3.42. The first-order valence-corrected chi connectivity index (χ1v) is 10.4. The number of benzene rings is 1. The highest BCUT2D eigenvalue weighted by Crippen LogP contribution is 2.41. The lowest BCUT2D eigenvalue weighted by molar-refractivity contribution is -0.384. The van der Waals surface area contributed by atoms with E-state index >= 15 is 0 Å². The molecule has 0 fully saturated rings. The summed E-state index contributed by atoms with van der Waals surface area (Å²) in [6.45, 7) is 2.13. The van der Waals surface area contributed by atoms with Crippen LogP contribution < -0.4 is 5.32 Å². The van der Waals surface area contributed by atoms with Gasteiger partial charge in [0, 0.05) is 35.6 Å². The van der Waals surface area contributed by atoms with Crippen molar-refractivity contribution in [2.75, 3.05) is 11.1 Å². The molecule has 0 amide bonds. The number of nitrogens with zero attached hydrogens (tertiary/aromatic N) is 4. The zero-order chi connectivity index (χ0) is 19.7. The van der Waals surface area contributed by atoms with Crippen LogP contribution >= 0.6 is 11.8 Å². The molecule has 0 saturated carbocycles. The van der Waals surface area contributed by atoms with Crippen molar-refractivity contribution in [3.63, 3.8) is 0 Å². The number of unbranched alkanes of at least 4 members (excludes halogenated alkanes) is 1. The first-order chi connectivity index (χ1) is 13.6. The van der Waals surface area contributed by atoms with Crippen molar-refractivity contribution in [3.8, 4) is 0 Å². The molecule has 0 saturated heterocycles. The molecule has 2 aromatic rings. The summed E-state index contributed by atoms with van der Waals surface area (Å²) in [4.78, 5) is 28.2. The Kier molecular flexibility index (Phi) is 5.17. The Bertz CT molecular complexity index is 968. The summed E-state index contributed by atoms with van der Waals surface area (Å²) >= 11 is 1.58. The minimum absolute atomic E-state index is 0.000602. The molecular formula is C19H21N5O3S. The molecule has 4 rings (SSSR count). The van der Waals surface area contributed by atoms with Gasteiger partial charge in [-0.1, -0.05) is 37.2 Å². The van der Waals surface area contributed by atoms with E-state index < -0.39 is 11.0 Å². The number of rotatable bonds is 6. The van der Waals surface area contributed by atoms with Crippen molar-refractivity contribution in [1.29, 1.82) is 0 Å². The lowest BCUT2D eigenvalue weighted by Gasteiger charge is -2.32. The minimum atomic E-state index is -0.494. The second-order valence-corrected chi connectivity index (χ2v) is 7.98. The Morgan fingerprint density at radius 1 is 1.39 bits per heavy atom. The van der Waals surface area contributed by atoms with Crippen LogP contribution in [0.1, 0.15) is 50.6 Å². The van der Waals surface area contributed by atoms with Crippen molar-refractivity contribution < 1.29 is 9.72 Å². The van der Waals surface area contributed by atoms with Crippen LogP contribution in [-0.2, 0) is 4.79 Å². The Hall–Kier alpha value is -2.68. The molecule has 0 unspecified atom stereocenters. The monoisotopic (exact) mass is 399 g/mol. The number of fused-ring (bicyclic) bond motifs is 1. The van der Waals surface area contributed by atoms with Crippen molar-refractivity contribution >= 4 is 29.2 Å². The Morgan fingerprint density at radius 3 is 3.04 bits per heavy atom. The maximum atomic E-state index is 12.8. The zero-order valence-electron chi connectivity index (χ0n) is 15.6. The van der Waals surface area contributed by atoms with E-state index in [1.807, 2.05) is 6.07 Å². The highest BCUT2D eigenvalue weighted by Gasteiger charge is 2.37. The van der Waals surface area contributed by atoms with Crippen LogP contribution in [0.4, 0.5) is 11.6 Å². The van der Waals surface area contributed by atoms with Gasteiger partial charge in [0.05, 0.1) is 4.92 Å². The van der Waals surface area contributed by atoms with Gasteiger partial charge in [-0.15, -0.1) is 5.10 Å². The normalized spacial score (nSPS) is 18.5. The van der Waals surface area contributed by atoms with Gasteiger partial charge in [-0.05, 0) is 24.8 Å². The second-order valence-electron chi connectivity index (χ2n) is 6.91. The number of hydrogen-bond donors (Lipinski definition) is 1. The number of nitro benzene ring substituents is 1. The van der Waals surface area contributed by atoms with Gasteiger partial charge in [0.2, 0.25) is 11.1 Å². The van der Waals surface area contributed by atoms with E-state index in [4.69, 9.17) is 0 Å². The van der Waals surface area contributed by atoms with Gasteiger partial charge < -0.3 is 5.32 Å². The van der Waals surface area contributed by atoms with Crippen LogP contribution in [0.3, 0.4) is 0 Å². The van der Waals surface area contributed by atoms with Crippen molar-refractivity contribution in [2.45, 2.75) is 50.2 Å². The third-order valence-electron chi connectivity index (χ3n) is 4.97. The number of carbonyl (C=O) groups excluding carboxylic acids is 1. The van der Waals surface area contributed by atoms with E-state index in [2.05, 4.69) is 22.3 Å². The van der Waals surface area contributed by atoms with Crippen LogP contribution in [0.2, 0.25) is 0 Å². The van der Waals surface area contributed by atoms with Gasteiger partial charge >= 0.3 is 0 Å². The van der Waals surface area contributed by atoms with E-state index in [0.717, 1.165) is 37.1 Å².